The van der Waals surface area contributed by atoms with E-state index >= 15 is 0 Å². The molecule has 0 aromatic heterocycles. The van der Waals surface area contributed by atoms with Crippen molar-refractivity contribution in [3.8, 4) is 0 Å². The topological polar surface area (TPSA) is 168 Å². The molecular weight excluding hydrogens is 585 g/mol. The smallest absolute Gasteiger partial charge is 0.313 e. The number of benzene rings is 3. The van der Waals surface area contributed by atoms with Crippen LogP contribution in [0.4, 0.5) is 5.69 Å². The molecule has 0 fully saturated rings. The molecule has 0 spiro atoms. The number of hydrogen-bond donors (Lipinski definition) is 4. The quantitative estimate of drug-likeness (QED) is 0.177. The zero-order chi connectivity index (χ0) is 31.7. The first-order chi connectivity index (χ1) is 21.1. The number of Topliss-reactive ketones (excluding diaryl/α,β-unsaturated/α-hetero) is 1. The monoisotopic (exact) mass is 619 g/mol. The van der Waals surface area contributed by atoms with Crippen molar-refractivity contribution in [1.29, 1.82) is 0 Å². The number of carboxylic acid groups (broad SMARTS) is 1. The zero-order valence-electron chi connectivity index (χ0n) is 24.2. The summed E-state index contributed by atoms with van der Waals surface area (Å²) in [5.41, 5.74) is 2.63. The maximum atomic E-state index is 14.0. The molecule has 0 aliphatic heterocycles. The lowest BCUT2D eigenvalue weighted by molar-refractivity contribution is -0.141. The van der Waals surface area contributed by atoms with Crippen LogP contribution in [-0.2, 0) is 45.9 Å². The summed E-state index contributed by atoms with van der Waals surface area (Å²) >= 11 is 0. The molecule has 3 aromatic rings. The highest BCUT2D eigenvalue weighted by atomic mass is 31.2. The number of carbonyl (C=O) groups excluding carboxylic acids is 4. The first kappa shape index (κ1) is 32.3. The van der Waals surface area contributed by atoms with Crippen LogP contribution in [0.25, 0.3) is 0 Å². The zero-order valence-corrected chi connectivity index (χ0v) is 25.0. The molecule has 4 N–H and O–H groups in total. The average molecular weight is 620 g/mol. The summed E-state index contributed by atoms with van der Waals surface area (Å²) in [5, 5.41) is 17.3. The van der Waals surface area contributed by atoms with Crippen LogP contribution in [0.2, 0.25) is 0 Å². The summed E-state index contributed by atoms with van der Waals surface area (Å²) < 4.78 is 19.7. The number of rotatable bonds is 12. The first-order valence-electron chi connectivity index (χ1n) is 14.2. The molecule has 4 rings (SSSR count). The summed E-state index contributed by atoms with van der Waals surface area (Å²) in [6, 6.07) is 19.2. The van der Waals surface area contributed by atoms with Gasteiger partial charge in [-0.25, -0.2) is 0 Å². The Hall–Kier alpha value is -4.60. The van der Waals surface area contributed by atoms with E-state index in [4.69, 9.17) is 4.52 Å². The van der Waals surface area contributed by atoms with Crippen LogP contribution in [0, 0.1) is 0 Å². The Bertz CT molecular complexity index is 1540. The van der Waals surface area contributed by atoms with Crippen LogP contribution >= 0.6 is 7.37 Å². The number of fused-ring (bicyclic) bond motifs is 1. The molecule has 0 unspecified atom stereocenters. The molecule has 0 heterocycles. The van der Waals surface area contributed by atoms with Gasteiger partial charge >= 0.3 is 17.8 Å². The van der Waals surface area contributed by atoms with E-state index in [9.17, 15) is 33.6 Å². The van der Waals surface area contributed by atoms with Crippen molar-refractivity contribution in [1.82, 2.24) is 10.6 Å². The molecule has 0 saturated carbocycles. The molecule has 0 bridgehead atoms. The van der Waals surface area contributed by atoms with E-state index in [1.807, 2.05) is 6.07 Å². The van der Waals surface area contributed by atoms with Crippen LogP contribution in [0.3, 0.4) is 0 Å². The third-order valence-electron chi connectivity index (χ3n) is 7.26. The molecule has 3 aromatic carbocycles. The van der Waals surface area contributed by atoms with Gasteiger partial charge in [0.1, 0.15) is 18.7 Å². The van der Waals surface area contributed by atoms with Gasteiger partial charge in [-0.2, -0.15) is 0 Å². The number of nitrogens with one attached hydrogen (secondary N) is 3. The fraction of sp³-hybridized carbons (Fsp3) is 0.281. The highest BCUT2D eigenvalue weighted by Crippen LogP contribution is 2.44. The number of ketones is 1. The fourth-order valence-electron chi connectivity index (χ4n) is 4.92. The Balaban J connectivity index is 1.39. The maximum absolute atomic E-state index is 14.0. The minimum Gasteiger partial charge on any atom is -0.481 e. The van der Waals surface area contributed by atoms with E-state index < -0.39 is 62.0 Å². The summed E-state index contributed by atoms with van der Waals surface area (Å²) in [5.74, 6) is -5.14. The highest BCUT2D eigenvalue weighted by Gasteiger charge is 2.33. The molecule has 12 heteroatoms. The molecule has 44 heavy (non-hydrogen) atoms. The molecule has 2 atom stereocenters. The van der Waals surface area contributed by atoms with Gasteiger partial charge < -0.3 is 25.6 Å². The summed E-state index contributed by atoms with van der Waals surface area (Å²) in [4.78, 5) is 62.8. The second kappa shape index (κ2) is 14.7. The summed E-state index contributed by atoms with van der Waals surface area (Å²) in [6.07, 6.45) is 2.91. The van der Waals surface area contributed by atoms with Crippen molar-refractivity contribution < 1.29 is 38.2 Å². The SMILES string of the molecule is C[C@H](NC(=O)C(=O)Nc1cccc2c1CCCC2)C(=O)N[C@@H](CC(=O)O)C(=O)COP(=O)(c1ccccc1)c1ccccc1. The van der Waals surface area contributed by atoms with Gasteiger partial charge in [0.25, 0.3) is 7.37 Å². The second-order valence-electron chi connectivity index (χ2n) is 10.4. The Kier molecular flexibility index (Phi) is 10.8. The van der Waals surface area contributed by atoms with E-state index in [0.717, 1.165) is 36.8 Å². The number of carbonyl (C=O) groups is 5. The lowest BCUT2D eigenvalue weighted by Gasteiger charge is -2.22. The number of hydrogen-bond acceptors (Lipinski definition) is 7. The van der Waals surface area contributed by atoms with Gasteiger partial charge in [0.05, 0.1) is 6.42 Å². The molecule has 0 saturated heterocycles. The maximum Gasteiger partial charge on any atom is 0.313 e. The van der Waals surface area contributed by atoms with Crippen LogP contribution in [0.1, 0.15) is 37.3 Å². The molecule has 0 radical (unpaired) electrons. The lowest BCUT2D eigenvalue weighted by atomic mass is 9.90. The van der Waals surface area contributed by atoms with E-state index in [2.05, 4.69) is 16.0 Å². The van der Waals surface area contributed by atoms with E-state index in [0.29, 0.717) is 16.3 Å². The number of aryl methyl sites for hydroxylation is 1. The minimum absolute atomic E-state index is 0.337. The second-order valence-corrected chi connectivity index (χ2v) is 12.8. The van der Waals surface area contributed by atoms with Crippen LogP contribution in [-0.4, -0.2) is 53.3 Å². The lowest BCUT2D eigenvalue weighted by Crippen LogP contribution is -2.53. The summed E-state index contributed by atoms with van der Waals surface area (Å²) in [6.45, 7) is 0.534. The Labute approximate surface area is 254 Å². The van der Waals surface area contributed by atoms with Gasteiger partial charge in [-0.1, -0.05) is 48.5 Å². The predicted molar refractivity (Wildman–Crippen MR) is 164 cm³/mol. The summed E-state index contributed by atoms with van der Waals surface area (Å²) in [7, 11) is -3.75. The third kappa shape index (κ3) is 8.06. The standard InChI is InChI=1S/C32H34N3O8P/c1-21(33-31(40)32(41)34-26-18-10-12-22-11-8-9-17-25(22)26)30(39)35-27(19-29(37)38)28(36)20-43-44(42,23-13-4-2-5-14-23)24-15-6-3-7-16-24/h2-7,10,12-16,18,21,27H,8-9,11,17,19-20H2,1H3,(H,33,40)(H,34,41)(H,35,39)(H,37,38)/t21-,27-/m0/s1. The number of amides is 3. The largest absolute Gasteiger partial charge is 0.481 e. The average Bonchev–Trinajstić information content (AvgIpc) is 3.03. The molecule has 11 nitrogen and oxygen atoms in total. The predicted octanol–water partition coefficient (Wildman–Crippen LogP) is 2.48. The van der Waals surface area contributed by atoms with Crippen LogP contribution in [0.15, 0.2) is 78.9 Å². The van der Waals surface area contributed by atoms with Gasteiger partial charge in [0.15, 0.2) is 5.78 Å². The highest BCUT2D eigenvalue weighted by molar-refractivity contribution is 7.74. The fourth-order valence-corrected chi connectivity index (χ4v) is 6.96. The van der Waals surface area contributed by atoms with E-state index in [1.54, 1.807) is 72.8 Å². The Morgan fingerprint density at radius 2 is 1.43 bits per heavy atom. The number of aliphatic carboxylic acids is 1. The van der Waals surface area contributed by atoms with Crippen LogP contribution in [0.5, 0.6) is 0 Å². The van der Waals surface area contributed by atoms with Gasteiger partial charge in [-0.05, 0) is 74.1 Å². The first-order valence-corrected chi connectivity index (χ1v) is 15.8. The van der Waals surface area contributed by atoms with Crippen molar-refractivity contribution in [3.63, 3.8) is 0 Å². The van der Waals surface area contributed by atoms with Gasteiger partial charge in [-0.3, -0.25) is 28.5 Å². The van der Waals surface area contributed by atoms with Crippen molar-refractivity contribution in [2.24, 2.45) is 0 Å². The molecule has 1 aliphatic carbocycles. The Morgan fingerprint density at radius 3 is 2.05 bits per heavy atom. The van der Waals surface area contributed by atoms with Crippen molar-refractivity contribution in [3.05, 3.63) is 90.0 Å². The van der Waals surface area contributed by atoms with E-state index in [1.165, 1.54) is 6.92 Å². The number of carboxylic acids is 1. The van der Waals surface area contributed by atoms with Crippen molar-refractivity contribution in [2.75, 3.05) is 11.9 Å². The number of anilines is 1. The molecule has 230 valence electrons. The van der Waals surface area contributed by atoms with Gasteiger partial charge in [0.2, 0.25) is 5.91 Å². The third-order valence-corrected chi connectivity index (χ3v) is 9.70. The van der Waals surface area contributed by atoms with Crippen LogP contribution < -0.4 is 26.6 Å². The normalized spacial score (nSPS) is 13.9. The molecule has 1 aliphatic rings. The van der Waals surface area contributed by atoms with E-state index in [-0.39, 0.29) is 0 Å². The molecule has 3 amide bonds. The van der Waals surface area contributed by atoms with Crippen molar-refractivity contribution in [2.45, 2.75) is 51.1 Å². The van der Waals surface area contributed by atoms with Crippen molar-refractivity contribution >= 4 is 53.1 Å². The van der Waals surface area contributed by atoms with Gasteiger partial charge in [-0.15, -0.1) is 0 Å². The molecular formula is C32H34N3O8P. The Morgan fingerprint density at radius 1 is 0.818 bits per heavy atom. The van der Waals surface area contributed by atoms with Gasteiger partial charge in [0, 0.05) is 16.3 Å². The minimum atomic E-state index is -3.75.